The zero-order valence-corrected chi connectivity index (χ0v) is 19.0. The maximum Gasteiger partial charge on any atom is 0.261 e. The Hall–Kier alpha value is -2.94. The third-order valence-corrected chi connectivity index (χ3v) is 7.44. The lowest BCUT2D eigenvalue weighted by molar-refractivity contribution is 0.102. The highest BCUT2D eigenvalue weighted by Crippen LogP contribution is 2.32. The molecule has 158 valence electrons. The van der Waals surface area contributed by atoms with E-state index < -0.39 is 15.9 Å². The van der Waals surface area contributed by atoms with Gasteiger partial charge in [0.05, 0.1) is 26.4 Å². The van der Waals surface area contributed by atoms with Gasteiger partial charge in [0.1, 0.15) is 0 Å². The SMILES string of the molecule is Cc1ccc(S(=O)(=O)Nc2ccccc2C(=O)Nc2nc3c(C)c(Cl)ccc3s2)cc1. The van der Waals surface area contributed by atoms with Gasteiger partial charge in [0, 0.05) is 5.02 Å². The van der Waals surface area contributed by atoms with Crippen molar-refractivity contribution in [3.05, 3.63) is 82.4 Å². The lowest BCUT2D eigenvalue weighted by Crippen LogP contribution is -2.18. The van der Waals surface area contributed by atoms with Gasteiger partial charge in [0.15, 0.2) is 5.13 Å². The number of sulfonamides is 1. The number of thiazole rings is 1. The van der Waals surface area contributed by atoms with Gasteiger partial charge in [-0.2, -0.15) is 0 Å². The Labute approximate surface area is 189 Å². The highest BCUT2D eigenvalue weighted by Gasteiger charge is 2.19. The second-order valence-electron chi connectivity index (χ2n) is 6.96. The van der Waals surface area contributed by atoms with Gasteiger partial charge in [-0.05, 0) is 55.8 Å². The Morgan fingerprint density at radius 2 is 1.71 bits per heavy atom. The summed E-state index contributed by atoms with van der Waals surface area (Å²) in [5.74, 6) is -0.468. The smallest absolute Gasteiger partial charge is 0.261 e. The van der Waals surface area contributed by atoms with Crippen molar-refractivity contribution in [1.82, 2.24) is 4.98 Å². The summed E-state index contributed by atoms with van der Waals surface area (Å²) in [4.78, 5) is 17.5. The van der Waals surface area contributed by atoms with Crippen molar-refractivity contribution in [2.24, 2.45) is 0 Å². The zero-order valence-electron chi connectivity index (χ0n) is 16.6. The van der Waals surface area contributed by atoms with E-state index in [1.165, 1.54) is 23.5 Å². The largest absolute Gasteiger partial charge is 0.298 e. The minimum absolute atomic E-state index is 0.117. The fourth-order valence-electron chi connectivity index (χ4n) is 3.01. The van der Waals surface area contributed by atoms with Gasteiger partial charge in [-0.25, -0.2) is 13.4 Å². The summed E-state index contributed by atoms with van der Waals surface area (Å²) in [6.45, 7) is 3.74. The standard InChI is InChI=1S/C22H18ClN3O3S2/c1-13-7-9-15(10-8-13)31(28,29)26-18-6-4-3-5-16(18)21(27)25-22-24-20-14(2)17(23)11-12-19(20)30-22/h3-12,26H,1-2H3,(H,24,25,27). The van der Waals surface area contributed by atoms with E-state index in [-0.39, 0.29) is 16.1 Å². The third-order valence-electron chi connectivity index (χ3n) is 4.72. The average Bonchev–Trinajstić information content (AvgIpc) is 3.14. The highest BCUT2D eigenvalue weighted by molar-refractivity contribution is 7.92. The van der Waals surface area contributed by atoms with Gasteiger partial charge in [-0.1, -0.05) is 52.8 Å². The number of carbonyl (C=O) groups excluding carboxylic acids is 1. The number of anilines is 2. The predicted octanol–water partition coefficient (Wildman–Crippen LogP) is 5.62. The van der Waals surface area contributed by atoms with E-state index in [1.807, 2.05) is 19.9 Å². The molecule has 1 aromatic heterocycles. The lowest BCUT2D eigenvalue weighted by atomic mass is 10.2. The van der Waals surface area contributed by atoms with Crippen LogP contribution in [0.15, 0.2) is 65.6 Å². The molecule has 3 aromatic carbocycles. The van der Waals surface area contributed by atoms with E-state index in [1.54, 1.807) is 42.5 Å². The van der Waals surface area contributed by atoms with Crippen molar-refractivity contribution in [1.29, 1.82) is 0 Å². The van der Waals surface area contributed by atoms with Crippen LogP contribution in [-0.2, 0) is 10.0 Å². The first kappa shape index (κ1) is 21.3. The van der Waals surface area contributed by atoms with Gasteiger partial charge in [-0.3, -0.25) is 14.8 Å². The van der Waals surface area contributed by atoms with Crippen LogP contribution in [0.1, 0.15) is 21.5 Å². The topological polar surface area (TPSA) is 88.2 Å². The lowest BCUT2D eigenvalue weighted by Gasteiger charge is -2.12. The maximum atomic E-state index is 12.9. The van der Waals surface area contributed by atoms with Crippen molar-refractivity contribution in [2.75, 3.05) is 10.0 Å². The first-order valence-corrected chi connectivity index (χ1v) is 12.0. The molecule has 0 unspecified atom stereocenters. The Morgan fingerprint density at radius 1 is 1.00 bits per heavy atom. The van der Waals surface area contributed by atoms with Crippen LogP contribution in [0.5, 0.6) is 0 Å². The number of aryl methyl sites for hydroxylation is 2. The molecule has 2 N–H and O–H groups in total. The number of carbonyl (C=O) groups is 1. The molecule has 0 radical (unpaired) electrons. The molecule has 0 bridgehead atoms. The Kier molecular flexibility index (Phi) is 5.70. The van der Waals surface area contributed by atoms with Gasteiger partial charge < -0.3 is 0 Å². The summed E-state index contributed by atoms with van der Waals surface area (Å²) in [5, 5.41) is 3.77. The molecule has 0 spiro atoms. The molecule has 4 aromatic rings. The monoisotopic (exact) mass is 471 g/mol. The van der Waals surface area contributed by atoms with Crippen LogP contribution in [-0.4, -0.2) is 19.3 Å². The van der Waals surface area contributed by atoms with Crippen LogP contribution in [0.3, 0.4) is 0 Å². The summed E-state index contributed by atoms with van der Waals surface area (Å²) in [7, 11) is -3.85. The van der Waals surface area contributed by atoms with Crippen LogP contribution in [0.4, 0.5) is 10.8 Å². The average molecular weight is 472 g/mol. The number of nitrogens with one attached hydrogen (secondary N) is 2. The number of amides is 1. The number of hydrogen-bond donors (Lipinski definition) is 2. The normalized spacial score (nSPS) is 11.5. The van der Waals surface area contributed by atoms with E-state index in [9.17, 15) is 13.2 Å². The molecule has 1 heterocycles. The molecule has 0 fully saturated rings. The maximum absolute atomic E-state index is 12.9. The molecular weight excluding hydrogens is 454 g/mol. The van der Waals surface area contributed by atoms with E-state index >= 15 is 0 Å². The van der Waals surface area contributed by atoms with Crippen molar-refractivity contribution in [3.8, 4) is 0 Å². The summed E-state index contributed by atoms with van der Waals surface area (Å²) >= 11 is 7.47. The summed E-state index contributed by atoms with van der Waals surface area (Å²) < 4.78 is 28.9. The molecule has 4 rings (SSSR count). The molecule has 31 heavy (non-hydrogen) atoms. The Bertz CT molecular complexity index is 1400. The van der Waals surface area contributed by atoms with Crippen LogP contribution in [0.25, 0.3) is 10.2 Å². The molecule has 0 atom stereocenters. The summed E-state index contributed by atoms with van der Waals surface area (Å²) in [6.07, 6.45) is 0. The van der Waals surface area contributed by atoms with Crippen LogP contribution >= 0.6 is 22.9 Å². The molecule has 9 heteroatoms. The third kappa shape index (κ3) is 4.41. The highest BCUT2D eigenvalue weighted by atomic mass is 35.5. The number of fused-ring (bicyclic) bond motifs is 1. The number of benzene rings is 3. The molecule has 0 saturated carbocycles. The molecule has 0 saturated heterocycles. The van der Waals surface area contributed by atoms with Crippen molar-refractivity contribution < 1.29 is 13.2 Å². The second-order valence-corrected chi connectivity index (χ2v) is 10.1. The van der Waals surface area contributed by atoms with Crippen LogP contribution in [0, 0.1) is 13.8 Å². The number of hydrogen-bond acceptors (Lipinski definition) is 5. The molecular formula is C22H18ClN3O3S2. The predicted molar refractivity (Wildman–Crippen MR) is 126 cm³/mol. The second kappa shape index (κ2) is 8.30. The van der Waals surface area contributed by atoms with E-state index in [0.717, 1.165) is 21.3 Å². The number of nitrogens with zero attached hydrogens (tertiary/aromatic N) is 1. The Morgan fingerprint density at radius 3 is 2.45 bits per heavy atom. The van der Waals surface area contributed by atoms with Crippen molar-refractivity contribution in [3.63, 3.8) is 0 Å². The van der Waals surface area contributed by atoms with Crippen molar-refractivity contribution >= 4 is 59.9 Å². The van der Waals surface area contributed by atoms with Crippen LogP contribution < -0.4 is 10.0 Å². The van der Waals surface area contributed by atoms with Gasteiger partial charge in [0.25, 0.3) is 15.9 Å². The van der Waals surface area contributed by atoms with Gasteiger partial charge in [0.2, 0.25) is 0 Å². The van der Waals surface area contributed by atoms with Gasteiger partial charge in [-0.15, -0.1) is 0 Å². The quantitative estimate of drug-likeness (QED) is 0.395. The first-order valence-electron chi connectivity index (χ1n) is 9.30. The Balaban J connectivity index is 1.61. The number of aromatic nitrogens is 1. The minimum atomic E-state index is -3.85. The molecule has 0 aliphatic heterocycles. The zero-order chi connectivity index (χ0) is 22.2. The first-order chi connectivity index (χ1) is 14.7. The fourth-order valence-corrected chi connectivity index (χ4v) is 5.16. The number of rotatable bonds is 5. The summed E-state index contributed by atoms with van der Waals surface area (Å²) in [6, 6.07) is 16.5. The molecule has 0 aliphatic carbocycles. The van der Waals surface area contributed by atoms with E-state index in [2.05, 4.69) is 15.0 Å². The van der Waals surface area contributed by atoms with Crippen LogP contribution in [0.2, 0.25) is 5.02 Å². The van der Waals surface area contributed by atoms with Gasteiger partial charge >= 0.3 is 0 Å². The van der Waals surface area contributed by atoms with Crippen molar-refractivity contribution in [2.45, 2.75) is 18.7 Å². The van der Waals surface area contributed by atoms with E-state index in [4.69, 9.17) is 11.6 Å². The van der Waals surface area contributed by atoms with E-state index in [0.29, 0.717) is 10.2 Å². The number of halogens is 1. The minimum Gasteiger partial charge on any atom is -0.298 e. The molecule has 0 aliphatic rings. The summed E-state index contributed by atoms with van der Waals surface area (Å²) in [5.41, 5.74) is 2.88. The number of para-hydroxylation sites is 1. The molecule has 1 amide bonds. The molecule has 6 nitrogen and oxygen atoms in total. The fraction of sp³-hybridized carbons (Fsp3) is 0.0909.